The van der Waals surface area contributed by atoms with Crippen molar-refractivity contribution in [2.45, 2.75) is 19.4 Å². The van der Waals surface area contributed by atoms with E-state index in [1.54, 1.807) is 6.20 Å². The van der Waals surface area contributed by atoms with Gasteiger partial charge in [-0.1, -0.05) is 19.1 Å². The van der Waals surface area contributed by atoms with Gasteiger partial charge in [0.1, 0.15) is 12.1 Å². The molecule has 18 heavy (non-hydrogen) atoms. The molecule has 4 heteroatoms. The fourth-order valence-electron chi connectivity index (χ4n) is 1.65. The second kappa shape index (κ2) is 6.12. The van der Waals surface area contributed by atoms with Crippen molar-refractivity contribution >= 4 is 0 Å². The molecule has 0 saturated heterocycles. The molecule has 1 unspecified atom stereocenters. The van der Waals surface area contributed by atoms with E-state index in [4.69, 9.17) is 10.5 Å². The number of rotatable bonds is 5. The first-order valence-electron chi connectivity index (χ1n) is 6.05. The summed E-state index contributed by atoms with van der Waals surface area (Å²) >= 11 is 0. The second-order valence-corrected chi connectivity index (χ2v) is 4.03. The van der Waals surface area contributed by atoms with E-state index in [9.17, 15) is 0 Å². The zero-order valence-electron chi connectivity index (χ0n) is 10.4. The van der Waals surface area contributed by atoms with E-state index in [2.05, 4.69) is 16.9 Å². The van der Waals surface area contributed by atoms with E-state index in [1.807, 2.05) is 30.3 Å². The number of aromatic nitrogens is 2. The highest BCUT2D eigenvalue weighted by Gasteiger charge is 2.09. The highest BCUT2D eigenvalue weighted by atomic mass is 16.5. The zero-order chi connectivity index (χ0) is 12.8. The molecule has 1 aromatic carbocycles. The van der Waals surface area contributed by atoms with Crippen LogP contribution in [0.1, 0.15) is 30.6 Å². The molecule has 0 aliphatic heterocycles. The predicted molar refractivity (Wildman–Crippen MR) is 70.3 cm³/mol. The van der Waals surface area contributed by atoms with Crippen molar-refractivity contribution in [2.24, 2.45) is 5.73 Å². The van der Waals surface area contributed by atoms with Gasteiger partial charge in [0.2, 0.25) is 0 Å². The van der Waals surface area contributed by atoms with Crippen LogP contribution in [0.2, 0.25) is 0 Å². The first-order chi connectivity index (χ1) is 8.81. The lowest BCUT2D eigenvalue weighted by molar-refractivity contribution is 0.317. The van der Waals surface area contributed by atoms with Crippen molar-refractivity contribution in [3.63, 3.8) is 0 Å². The molecule has 2 aromatic rings. The van der Waals surface area contributed by atoms with Crippen molar-refractivity contribution in [3.8, 4) is 5.75 Å². The first kappa shape index (κ1) is 12.5. The van der Waals surface area contributed by atoms with Crippen molar-refractivity contribution in [2.75, 3.05) is 6.61 Å². The molecule has 0 spiro atoms. The second-order valence-electron chi connectivity index (χ2n) is 4.03. The number of benzene rings is 1. The fraction of sp³-hybridized carbons (Fsp3) is 0.286. The van der Waals surface area contributed by atoms with E-state index >= 15 is 0 Å². The Balaban J connectivity index is 2.09. The average molecular weight is 243 g/mol. The minimum absolute atomic E-state index is 0.228. The van der Waals surface area contributed by atoms with Crippen LogP contribution in [0.5, 0.6) is 5.75 Å². The van der Waals surface area contributed by atoms with Crippen LogP contribution < -0.4 is 10.5 Å². The van der Waals surface area contributed by atoms with Gasteiger partial charge >= 0.3 is 0 Å². The molecule has 1 aromatic heterocycles. The van der Waals surface area contributed by atoms with Crippen molar-refractivity contribution in [1.29, 1.82) is 0 Å². The monoisotopic (exact) mass is 243 g/mol. The first-order valence-corrected chi connectivity index (χ1v) is 6.05. The van der Waals surface area contributed by atoms with Crippen LogP contribution in [0.25, 0.3) is 0 Å². The molecule has 0 aliphatic carbocycles. The summed E-state index contributed by atoms with van der Waals surface area (Å²) in [6, 6.07) is 9.41. The number of hydrogen-bond acceptors (Lipinski definition) is 4. The third-order valence-electron chi connectivity index (χ3n) is 2.64. The molecule has 0 radical (unpaired) electrons. The Hall–Kier alpha value is -1.94. The maximum Gasteiger partial charge on any atom is 0.119 e. The van der Waals surface area contributed by atoms with E-state index in [1.165, 1.54) is 6.33 Å². The lowest BCUT2D eigenvalue weighted by Gasteiger charge is -2.12. The summed E-state index contributed by atoms with van der Waals surface area (Å²) in [7, 11) is 0. The van der Waals surface area contributed by atoms with Gasteiger partial charge in [0.05, 0.1) is 18.3 Å². The van der Waals surface area contributed by atoms with Crippen LogP contribution in [-0.4, -0.2) is 16.6 Å². The number of nitrogens with two attached hydrogens (primary N) is 1. The Morgan fingerprint density at radius 1 is 1.22 bits per heavy atom. The van der Waals surface area contributed by atoms with Crippen LogP contribution >= 0.6 is 0 Å². The number of nitrogens with zero attached hydrogens (tertiary/aromatic N) is 2. The summed E-state index contributed by atoms with van der Waals surface area (Å²) < 4.78 is 5.53. The number of hydrogen-bond donors (Lipinski definition) is 1. The van der Waals surface area contributed by atoms with Gasteiger partial charge in [-0.05, 0) is 30.2 Å². The summed E-state index contributed by atoms with van der Waals surface area (Å²) in [6.07, 6.45) is 4.21. The average Bonchev–Trinajstić information content (AvgIpc) is 2.46. The van der Waals surface area contributed by atoms with Gasteiger partial charge in [-0.25, -0.2) is 9.97 Å². The summed E-state index contributed by atoms with van der Waals surface area (Å²) in [6.45, 7) is 2.82. The normalized spacial score (nSPS) is 12.1. The molecular weight excluding hydrogens is 226 g/mol. The standard InChI is InChI=1S/C14H17N3O/c1-2-9-18-12-5-3-11(4-6-12)14(15)13-7-8-16-10-17-13/h3-8,10,14H,2,9,15H2,1H3. The summed E-state index contributed by atoms with van der Waals surface area (Å²) in [5.41, 5.74) is 7.96. The van der Waals surface area contributed by atoms with Crippen molar-refractivity contribution in [3.05, 3.63) is 54.1 Å². The lowest BCUT2D eigenvalue weighted by atomic mass is 10.0. The van der Waals surface area contributed by atoms with Crippen LogP contribution in [0.4, 0.5) is 0 Å². The molecule has 0 saturated carbocycles. The van der Waals surface area contributed by atoms with Gasteiger partial charge in [-0.15, -0.1) is 0 Å². The molecule has 0 amide bonds. The molecular formula is C14H17N3O. The fourth-order valence-corrected chi connectivity index (χ4v) is 1.65. The van der Waals surface area contributed by atoms with Gasteiger partial charge in [0.15, 0.2) is 0 Å². The Morgan fingerprint density at radius 3 is 2.61 bits per heavy atom. The van der Waals surface area contributed by atoms with Crippen LogP contribution in [0.15, 0.2) is 42.9 Å². The van der Waals surface area contributed by atoms with Gasteiger partial charge in [0, 0.05) is 6.20 Å². The van der Waals surface area contributed by atoms with Crippen LogP contribution in [0, 0.1) is 0 Å². The summed E-state index contributed by atoms with van der Waals surface area (Å²) in [4.78, 5) is 8.04. The highest BCUT2D eigenvalue weighted by molar-refractivity contribution is 5.32. The quantitative estimate of drug-likeness (QED) is 0.875. The molecule has 2 N–H and O–H groups in total. The van der Waals surface area contributed by atoms with E-state index in [-0.39, 0.29) is 6.04 Å². The molecule has 0 fully saturated rings. The molecule has 1 atom stereocenters. The number of ether oxygens (including phenoxy) is 1. The van der Waals surface area contributed by atoms with Crippen molar-refractivity contribution in [1.82, 2.24) is 9.97 Å². The topological polar surface area (TPSA) is 61.0 Å². The van der Waals surface area contributed by atoms with Crippen LogP contribution in [0.3, 0.4) is 0 Å². The SMILES string of the molecule is CCCOc1ccc(C(N)c2ccncn2)cc1. The molecule has 0 aliphatic rings. The van der Waals surface area contributed by atoms with Gasteiger partial charge < -0.3 is 10.5 Å². The molecule has 0 bridgehead atoms. The lowest BCUT2D eigenvalue weighted by Crippen LogP contribution is -2.13. The van der Waals surface area contributed by atoms with E-state index in [0.717, 1.165) is 30.0 Å². The van der Waals surface area contributed by atoms with Crippen LogP contribution in [-0.2, 0) is 0 Å². The molecule has 2 rings (SSSR count). The van der Waals surface area contributed by atoms with E-state index in [0.29, 0.717) is 0 Å². The predicted octanol–water partition coefficient (Wildman–Crippen LogP) is 2.31. The summed E-state index contributed by atoms with van der Waals surface area (Å²) in [5.74, 6) is 0.871. The van der Waals surface area contributed by atoms with Gasteiger partial charge in [-0.3, -0.25) is 0 Å². The van der Waals surface area contributed by atoms with E-state index < -0.39 is 0 Å². The zero-order valence-corrected chi connectivity index (χ0v) is 10.4. The third-order valence-corrected chi connectivity index (χ3v) is 2.64. The third kappa shape index (κ3) is 3.05. The smallest absolute Gasteiger partial charge is 0.119 e. The Morgan fingerprint density at radius 2 is 2.00 bits per heavy atom. The van der Waals surface area contributed by atoms with Crippen molar-refractivity contribution < 1.29 is 4.74 Å². The molecule has 4 nitrogen and oxygen atoms in total. The minimum Gasteiger partial charge on any atom is -0.494 e. The Kier molecular flexibility index (Phi) is 4.25. The minimum atomic E-state index is -0.228. The maximum atomic E-state index is 6.14. The van der Waals surface area contributed by atoms with Gasteiger partial charge in [0.25, 0.3) is 0 Å². The Labute approximate surface area is 107 Å². The molecule has 94 valence electrons. The molecule has 1 heterocycles. The highest BCUT2D eigenvalue weighted by Crippen LogP contribution is 2.20. The van der Waals surface area contributed by atoms with Gasteiger partial charge in [-0.2, -0.15) is 0 Å². The maximum absolute atomic E-state index is 6.14. The summed E-state index contributed by atoms with van der Waals surface area (Å²) in [5, 5.41) is 0. The largest absolute Gasteiger partial charge is 0.494 e. The Bertz CT molecular complexity index is 470.